The van der Waals surface area contributed by atoms with Gasteiger partial charge in [0.2, 0.25) is 0 Å². The Bertz CT molecular complexity index is 851. The van der Waals surface area contributed by atoms with Crippen LogP contribution in [0.3, 0.4) is 0 Å². The second kappa shape index (κ2) is 10.9. The minimum absolute atomic E-state index is 0.526. The van der Waals surface area contributed by atoms with Gasteiger partial charge in [0.05, 0.1) is 0 Å². The van der Waals surface area contributed by atoms with Gasteiger partial charge in [0.1, 0.15) is 0 Å². The van der Waals surface area contributed by atoms with Crippen molar-refractivity contribution in [3.05, 3.63) is 63.4 Å². The number of nitrogens with one attached hydrogen (secondary N) is 1. The lowest BCUT2D eigenvalue weighted by molar-refractivity contribution is 0.667. The van der Waals surface area contributed by atoms with Crippen LogP contribution in [0.2, 0.25) is 0 Å². The van der Waals surface area contributed by atoms with Gasteiger partial charge in [-0.2, -0.15) is 0 Å². The second-order valence-corrected chi connectivity index (χ2v) is 8.33. The maximum Gasteiger partial charge on any atom is 0.0412 e. The molecule has 0 amide bonds. The fourth-order valence-electron chi connectivity index (χ4n) is 4.08. The van der Waals surface area contributed by atoms with Gasteiger partial charge in [-0.25, -0.2) is 0 Å². The van der Waals surface area contributed by atoms with Crippen molar-refractivity contribution in [1.82, 2.24) is 0 Å². The van der Waals surface area contributed by atoms with Crippen molar-refractivity contribution >= 4 is 18.0 Å². The predicted octanol–water partition coefficient (Wildman–Crippen LogP) is 6.53. The van der Waals surface area contributed by atoms with E-state index in [4.69, 9.17) is 11.1 Å². The number of allylic oxidation sites excluding steroid dienone is 5. The largest absolute Gasteiger partial charge is 0.404 e. The van der Waals surface area contributed by atoms with Gasteiger partial charge >= 0.3 is 0 Å². The summed E-state index contributed by atoms with van der Waals surface area (Å²) >= 11 is 0. The van der Waals surface area contributed by atoms with Crippen LogP contribution >= 0.6 is 0 Å². The third-order valence-electron chi connectivity index (χ3n) is 5.51. The third kappa shape index (κ3) is 5.56. The zero-order valence-electron chi connectivity index (χ0n) is 18.8. The number of benzene rings is 1. The molecule has 0 unspecified atom stereocenters. The first-order chi connectivity index (χ1) is 13.9. The summed E-state index contributed by atoms with van der Waals surface area (Å²) in [5, 5.41) is 8.03. The van der Waals surface area contributed by atoms with Crippen molar-refractivity contribution in [3.63, 3.8) is 0 Å². The van der Waals surface area contributed by atoms with Gasteiger partial charge in [-0.15, -0.1) is 0 Å². The number of aliphatic imine (C=N–C) groups is 1. The van der Waals surface area contributed by atoms with Crippen LogP contribution in [0, 0.1) is 25.2 Å². The van der Waals surface area contributed by atoms with Crippen molar-refractivity contribution in [3.8, 4) is 0 Å². The minimum atomic E-state index is 0.526. The Balaban J connectivity index is 2.67. The highest BCUT2D eigenvalue weighted by Crippen LogP contribution is 2.40. The molecule has 0 radical (unpaired) electrons. The van der Waals surface area contributed by atoms with Gasteiger partial charge in [-0.05, 0) is 85.3 Å². The summed E-state index contributed by atoms with van der Waals surface area (Å²) in [6.07, 6.45) is 12.9. The number of aryl methyl sites for hydroxylation is 2. The maximum absolute atomic E-state index is 8.03. The molecule has 1 aromatic rings. The summed E-state index contributed by atoms with van der Waals surface area (Å²) in [7, 11) is 0. The standard InChI is InChI=1S/C26H37N3/c1-6-9-22(21(14-27)17-29-16-18(2)3)23-10-7-8-11-24(23)26-20(5)13-12-19(4)25(26)15-28/h9,12-15,17-18,28H,6-8,10-11,16,27H2,1-5H3/b21-14+,22-9+,28-15?,29-17?. The van der Waals surface area contributed by atoms with E-state index >= 15 is 0 Å². The van der Waals surface area contributed by atoms with Crippen LogP contribution in [0.1, 0.15) is 75.1 Å². The summed E-state index contributed by atoms with van der Waals surface area (Å²) in [6, 6.07) is 4.30. The van der Waals surface area contributed by atoms with Crippen LogP contribution < -0.4 is 5.73 Å². The Morgan fingerprint density at radius 3 is 2.48 bits per heavy atom. The molecular formula is C26H37N3. The van der Waals surface area contributed by atoms with Gasteiger partial charge in [0, 0.05) is 36.3 Å². The molecule has 0 spiro atoms. The first kappa shape index (κ1) is 22.9. The van der Waals surface area contributed by atoms with Crippen molar-refractivity contribution < 1.29 is 0 Å². The fraction of sp³-hybridized carbons (Fsp3) is 0.462. The monoisotopic (exact) mass is 391 g/mol. The first-order valence-electron chi connectivity index (χ1n) is 10.9. The number of nitrogens with two attached hydrogens (primary N) is 1. The molecule has 3 heteroatoms. The van der Waals surface area contributed by atoms with E-state index in [1.807, 2.05) is 6.21 Å². The molecule has 3 N–H and O–H groups in total. The maximum atomic E-state index is 8.03. The van der Waals surface area contributed by atoms with Crippen molar-refractivity contribution in [2.24, 2.45) is 16.6 Å². The SMILES string of the molecule is CC/C=C(C1=C(c2c(C)ccc(C)c2C=N)CCCC1)\C(C=NCC(C)C)=C\N. The van der Waals surface area contributed by atoms with Crippen LogP contribution in [0.4, 0.5) is 0 Å². The van der Waals surface area contributed by atoms with E-state index in [1.165, 1.54) is 46.9 Å². The number of hydrogen-bond acceptors (Lipinski definition) is 3. The summed E-state index contributed by atoms with van der Waals surface area (Å²) in [4.78, 5) is 4.63. The molecule has 0 heterocycles. The highest BCUT2D eigenvalue weighted by Gasteiger charge is 2.22. The van der Waals surface area contributed by atoms with Gasteiger partial charge in [-0.1, -0.05) is 39.0 Å². The number of rotatable bonds is 8. The molecule has 0 saturated carbocycles. The molecule has 0 atom stereocenters. The van der Waals surface area contributed by atoms with Gasteiger partial charge in [-0.3, -0.25) is 4.99 Å². The molecule has 2 rings (SSSR count). The van der Waals surface area contributed by atoms with E-state index in [2.05, 4.69) is 57.8 Å². The van der Waals surface area contributed by atoms with Crippen molar-refractivity contribution in [2.75, 3.05) is 6.54 Å². The Morgan fingerprint density at radius 2 is 1.86 bits per heavy atom. The van der Waals surface area contributed by atoms with E-state index in [1.54, 1.807) is 6.20 Å². The van der Waals surface area contributed by atoms with Crippen LogP contribution in [0.15, 0.2) is 46.1 Å². The molecule has 3 nitrogen and oxygen atoms in total. The molecule has 1 aliphatic rings. The summed E-state index contributed by atoms with van der Waals surface area (Å²) in [5.74, 6) is 0.526. The zero-order chi connectivity index (χ0) is 21.4. The summed E-state index contributed by atoms with van der Waals surface area (Å²) in [5.41, 5.74) is 15.7. The molecule has 29 heavy (non-hydrogen) atoms. The molecular weight excluding hydrogens is 354 g/mol. The lowest BCUT2D eigenvalue weighted by Gasteiger charge is -2.26. The van der Waals surface area contributed by atoms with Gasteiger partial charge in [0.15, 0.2) is 0 Å². The van der Waals surface area contributed by atoms with Gasteiger partial charge < -0.3 is 11.1 Å². The van der Waals surface area contributed by atoms with E-state index in [0.717, 1.165) is 42.5 Å². The van der Waals surface area contributed by atoms with Crippen LogP contribution in [0.25, 0.3) is 5.57 Å². The Morgan fingerprint density at radius 1 is 1.17 bits per heavy atom. The molecule has 0 aliphatic heterocycles. The topological polar surface area (TPSA) is 62.2 Å². The second-order valence-electron chi connectivity index (χ2n) is 8.33. The van der Waals surface area contributed by atoms with E-state index in [9.17, 15) is 0 Å². The summed E-state index contributed by atoms with van der Waals surface area (Å²) in [6.45, 7) is 11.6. The van der Waals surface area contributed by atoms with E-state index in [-0.39, 0.29) is 0 Å². The normalized spacial score (nSPS) is 16.2. The van der Waals surface area contributed by atoms with Gasteiger partial charge in [0.25, 0.3) is 0 Å². The quantitative estimate of drug-likeness (QED) is 0.384. The zero-order valence-corrected chi connectivity index (χ0v) is 18.8. The minimum Gasteiger partial charge on any atom is -0.404 e. The highest BCUT2D eigenvalue weighted by atomic mass is 14.7. The molecule has 1 aromatic carbocycles. The average Bonchev–Trinajstić information content (AvgIpc) is 2.71. The fourth-order valence-corrected chi connectivity index (χ4v) is 4.08. The Hall–Kier alpha value is -2.42. The van der Waals surface area contributed by atoms with Crippen LogP contribution in [-0.2, 0) is 0 Å². The lowest BCUT2D eigenvalue weighted by atomic mass is 9.78. The van der Waals surface area contributed by atoms with E-state index in [0.29, 0.717) is 5.92 Å². The first-order valence-corrected chi connectivity index (χ1v) is 10.9. The Labute approximate surface area is 177 Å². The third-order valence-corrected chi connectivity index (χ3v) is 5.51. The molecule has 0 bridgehead atoms. The predicted molar refractivity (Wildman–Crippen MR) is 128 cm³/mol. The molecule has 0 aromatic heterocycles. The number of hydrogen-bond donors (Lipinski definition) is 2. The average molecular weight is 392 g/mol. The van der Waals surface area contributed by atoms with Crippen LogP contribution in [-0.4, -0.2) is 19.0 Å². The molecule has 0 saturated heterocycles. The lowest BCUT2D eigenvalue weighted by Crippen LogP contribution is -2.09. The van der Waals surface area contributed by atoms with E-state index < -0.39 is 0 Å². The number of nitrogens with zero attached hydrogens (tertiary/aromatic N) is 1. The van der Waals surface area contributed by atoms with Crippen LogP contribution in [0.5, 0.6) is 0 Å². The Kier molecular flexibility index (Phi) is 8.63. The molecule has 156 valence electrons. The van der Waals surface area contributed by atoms with Crippen molar-refractivity contribution in [2.45, 2.75) is 66.7 Å². The smallest absolute Gasteiger partial charge is 0.0412 e. The molecule has 1 aliphatic carbocycles. The molecule has 0 fully saturated rings. The highest BCUT2D eigenvalue weighted by molar-refractivity contribution is 5.94. The summed E-state index contributed by atoms with van der Waals surface area (Å²) < 4.78 is 0. The van der Waals surface area contributed by atoms with Crippen molar-refractivity contribution in [1.29, 1.82) is 5.41 Å².